The van der Waals surface area contributed by atoms with Crippen LogP contribution in [0.2, 0.25) is 0 Å². The Bertz CT molecular complexity index is 705. The SMILES string of the molecule is C=C(C)C(C(=O)O)N1C(=O)C(NC(=O)CC)C1S(=O)N1C(=O)CCC1=O. The van der Waals surface area contributed by atoms with E-state index in [-0.39, 0.29) is 24.8 Å². The zero-order chi connectivity index (χ0) is 19.8. The summed E-state index contributed by atoms with van der Waals surface area (Å²) in [4.78, 5) is 60.2. The zero-order valence-corrected chi connectivity index (χ0v) is 15.1. The molecule has 11 heteroatoms. The normalized spacial score (nSPS) is 24.9. The van der Waals surface area contributed by atoms with E-state index in [9.17, 15) is 33.3 Å². The third kappa shape index (κ3) is 3.26. The number of hydrogen-bond acceptors (Lipinski definition) is 6. The third-order valence-electron chi connectivity index (χ3n) is 4.09. The van der Waals surface area contributed by atoms with Gasteiger partial charge in [0.05, 0.1) is 0 Å². The fraction of sp³-hybridized carbons (Fsp3) is 0.533. The molecule has 0 aliphatic carbocycles. The summed E-state index contributed by atoms with van der Waals surface area (Å²) >= 11 is 0. The Balaban J connectivity index is 2.40. The number of carboxylic acid groups (broad SMARTS) is 1. The Kier molecular flexibility index (Phi) is 5.59. The summed E-state index contributed by atoms with van der Waals surface area (Å²) in [6.45, 7) is 6.46. The van der Waals surface area contributed by atoms with Gasteiger partial charge in [-0.05, 0) is 12.5 Å². The second kappa shape index (κ2) is 7.36. The molecule has 4 atom stereocenters. The summed E-state index contributed by atoms with van der Waals surface area (Å²) in [5, 5.41) is 10.4. The molecule has 0 aromatic carbocycles. The lowest BCUT2D eigenvalue weighted by Crippen LogP contribution is -2.76. The van der Waals surface area contributed by atoms with Crippen LogP contribution in [0.15, 0.2) is 12.2 Å². The molecule has 2 rings (SSSR count). The van der Waals surface area contributed by atoms with Crippen LogP contribution in [-0.2, 0) is 35.0 Å². The second-order valence-corrected chi connectivity index (χ2v) is 7.38. The standard InChI is InChI=1S/C15H19N3O7S/c1-4-8(19)16-11-13(22)17(12(7(2)3)15(23)24)14(11)26(25)18-9(20)5-6-10(18)21/h11-12,14H,2,4-6H2,1,3H3,(H,16,19)(H,23,24). The fourth-order valence-corrected chi connectivity index (χ4v) is 4.45. The van der Waals surface area contributed by atoms with Gasteiger partial charge in [-0.3, -0.25) is 19.2 Å². The summed E-state index contributed by atoms with van der Waals surface area (Å²) in [6.07, 6.45) is -0.173. The van der Waals surface area contributed by atoms with Crippen LogP contribution in [0.5, 0.6) is 0 Å². The molecule has 0 aromatic rings. The molecule has 2 saturated heterocycles. The lowest BCUT2D eigenvalue weighted by atomic mass is 9.99. The average molecular weight is 385 g/mol. The van der Waals surface area contributed by atoms with Crippen LogP contribution in [0, 0.1) is 0 Å². The molecule has 0 spiro atoms. The molecule has 0 saturated carbocycles. The number of carbonyl (C=O) groups excluding carboxylic acids is 4. The molecule has 26 heavy (non-hydrogen) atoms. The van der Waals surface area contributed by atoms with E-state index in [4.69, 9.17) is 0 Å². The van der Waals surface area contributed by atoms with Crippen LogP contribution in [0.1, 0.15) is 33.1 Å². The summed E-state index contributed by atoms with van der Waals surface area (Å²) in [5.74, 6) is -4.01. The van der Waals surface area contributed by atoms with E-state index in [2.05, 4.69) is 11.9 Å². The van der Waals surface area contributed by atoms with E-state index in [0.29, 0.717) is 4.31 Å². The molecule has 2 N–H and O–H groups in total. The van der Waals surface area contributed by atoms with Crippen molar-refractivity contribution in [1.82, 2.24) is 14.5 Å². The minimum atomic E-state index is -2.35. The number of hydrogen-bond donors (Lipinski definition) is 2. The number of amides is 4. The highest BCUT2D eigenvalue weighted by Gasteiger charge is 2.58. The lowest BCUT2D eigenvalue weighted by Gasteiger charge is -2.49. The van der Waals surface area contributed by atoms with Crippen molar-refractivity contribution in [3.05, 3.63) is 12.2 Å². The van der Waals surface area contributed by atoms with Crippen LogP contribution in [0.4, 0.5) is 0 Å². The first kappa shape index (κ1) is 19.8. The number of imide groups is 1. The van der Waals surface area contributed by atoms with Crippen molar-refractivity contribution in [1.29, 1.82) is 0 Å². The molecule has 2 fully saturated rings. The van der Waals surface area contributed by atoms with Crippen LogP contribution >= 0.6 is 0 Å². The van der Waals surface area contributed by atoms with Crippen molar-refractivity contribution < 1.29 is 33.3 Å². The zero-order valence-electron chi connectivity index (χ0n) is 14.3. The average Bonchev–Trinajstić information content (AvgIpc) is 2.90. The third-order valence-corrected chi connectivity index (χ3v) is 5.77. The molecule has 0 radical (unpaired) electrons. The summed E-state index contributed by atoms with van der Waals surface area (Å²) in [6, 6.07) is -2.77. The van der Waals surface area contributed by atoms with Crippen molar-refractivity contribution in [2.24, 2.45) is 0 Å². The van der Waals surface area contributed by atoms with Crippen molar-refractivity contribution in [2.45, 2.75) is 50.6 Å². The van der Waals surface area contributed by atoms with Gasteiger partial charge in [0.25, 0.3) is 5.91 Å². The van der Waals surface area contributed by atoms with Crippen LogP contribution in [-0.4, -0.2) is 65.6 Å². The molecule has 142 valence electrons. The van der Waals surface area contributed by atoms with Gasteiger partial charge in [-0.25, -0.2) is 9.00 Å². The highest BCUT2D eigenvalue weighted by Crippen LogP contribution is 2.32. The number of rotatable bonds is 7. The van der Waals surface area contributed by atoms with E-state index in [0.717, 1.165) is 4.90 Å². The predicted molar refractivity (Wildman–Crippen MR) is 88.3 cm³/mol. The van der Waals surface area contributed by atoms with Crippen LogP contribution in [0.3, 0.4) is 0 Å². The molecule has 10 nitrogen and oxygen atoms in total. The Labute approximate surface area is 151 Å². The predicted octanol–water partition coefficient (Wildman–Crippen LogP) is -1.11. The van der Waals surface area contributed by atoms with Gasteiger partial charge in [0, 0.05) is 19.3 Å². The smallest absolute Gasteiger partial charge is 0.330 e. The summed E-state index contributed by atoms with van der Waals surface area (Å²) in [7, 11) is -2.35. The maximum absolute atomic E-state index is 12.9. The van der Waals surface area contributed by atoms with Crippen molar-refractivity contribution in [3.8, 4) is 0 Å². The van der Waals surface area contributed by atoms with Gasteiger partial charge >= 0.3 is 5.97 Å². The number of carbonyl (C=O) groups is 5. The molecule has 2 aliphatic rings. The Morgan fingerprint density at radius 3 is 2.27 bits per heavy atom. The minimum absolute atomic E-state index is 0.0492. The number of aliphatic carboxylic acids is 1. The molecule has 4 amide bonds. The van der Waals surface area contributed by atoms with Crippen LogP contribution < -0.4 is 5.32 Å². The van der Waals surface area contributed by atoms with Gasteiger partial charge in [-0.15, -0.1) is 0 Å². The maximum Gasteiger partial charge on any atom is 0.330 e. The summed E-state index contributed by atoms with van der Waals surface area (Å²) in [5.41, 5.74) is 0.104. The molecule has 0 aromatic heterocycles. The number of nitrogens with one attached hydrogen (secondary N) is 1. The summed E-state index contributed by atoms with van der Waals surface area (Å²) < 4.78 is 13.4. The molecule has 4 unspecified atom stereocenters. The molecule has 2 aliphatic heterocycles. The quantitative estimate of drug-likeness (QED) is 0.322. The minimum Gasteiger partial charge on any atom is -0.479 e. The first-order chi connectivity index (χ1) is 12.1. The second-order valence-electron chi connectivity index (χ2n) is 5.98. The molecular formula is C15H19N3O7S. The lowest BCUT2D eigenvalue weighted by molar-refractivity contribution is -0.160. The number of carboxylic acids is 1. The monoisotopic (exact) mass is 385 g/mol. The highest BCUT2D eigenvalue weighted by molar-refractivity contribution is 7.84. The van der Waals surface area contributed by atoms with Crippen molar-refractivity contribution in [2.75, 3.05) is 0 Å². The highest BCUT2D eigenvalue weighted by atomic mass is 32.2. The van der Waals surface area contributed by atoms with Crippen LogP contribution in [0.25, 0.3) is 0 Å². The number of likely N-dealkylation sites (tertiary alicyclic amines) is 1. The molecule has 2 heterocycles. The van der Waals surface area contributed by atoms with E-state index < -0.39 is 58.0 Å². The first-order valence-electron chi connectivity index (χ1n) is 7.88. The van der Waals surface area contributed by atoms with E-state index >= 15 is 0 Å². The van der Waals surface area contributed by atoms with E-state index in [1.807, 2.05) is 0 Å². The number of β-lactam (4-membered cyclic amide) rings is 1. The molecule has 0 bridgehead atoms. The Hall–Kier alpha value is -2.56. The van der Waals surface area contributed by atoms with E-state index in [1.54, 1.807) is 6.92 Å². The van der Waals surface area contributed by atoms with Gasteiger partial charge in [0.15, 0.2) is 22.4 Å². The number of nitrogens with zero attached hydrogens (tertiary/aromatic N) is 2. The fourth-order valence-electron chi connectivity index (χ4n) is 2.81. The molecular weight excluding hydrogens is 366 g/mol. The van der Waals surface area contributed by atoms with Gasteiger partial charge in [-0.2, -0.15) is 4.31 Å². The largest absolute Gasteiger partial charge is 0.479 e. The van der Waals surface area contributed by atoms with Crippen molar-refractivity contribution in [3.63, 3.8) is 0 Å². The first-order valence-corrected chi connectivity index (χ1v) is 9.05. The van der Waals surface area contributed by atoms with Gasteiger partial charge in [0.2, 0.25) is 17.7 Å². The van der Waals surface area contributed by atoms with Crippen molar-refractivity contribution >= 4 is 40.6 Å². The van der Waals surface area contributed by atoms with Gasteiger partial charge in [0.1, 0.15) is 6.04 Å². The maximum atomic E-state index is 12.9. The Morgan fingerprint density at radius 1 is 1.31 bits per heavy atom. The van der Waals surface area contributed by atoms with E-state index in [1.165, 1.54) is 6.92 Å². The Morgan fingerprint density at radius 2 is 1.85 bits per heavy atom. The topological polar surface area (TPSA) is 141 Å². The van der Waals surface area contributed by atoms with Gasteiger partial charge < -0.3 is 15.3 Å². The van der Waals surface area contributed by atoms with Gasteiger partial charge in [-0.1, -0.05) is 13.5 Å².